The number of rotatable bonds is 4. The summed E-state index contributed by atoms with van der Waals surface area (Å²) in [6.45, 7) is 4.14. The van der Waals surface area contributed by atoms with Crippen molar-refractivity contribution in [2.75, 3.05) is 5.32 Å². The predicted octanol–water partition coefficient (Wildman–Crippen LogP) is 2.50. The Morgan fingerprint density at radius 1 is 1.39 bits per heavy atom. The van der Waals surface area contributed by atoms with Crippen LogP contribution >= 0.6 is 11.3 Å². The first-order valence-electron chi connectivity index (χ1n) is 5.34. The fourth-order valence-electron chi connectivity index (χ4n) is 1.22. The third-order valence-corrected chi connectivity index (χ3v) is 3.00. The molecule has 2 rings (SSSR count). The van der Waals surface area contributed by atoms with E-state index >= 15 is 0 Å². The first-order valence-corrected chi connectivity index (χ1v) is 6.22. The highest BCUT2D eigenvalue weighted by Crippen LogP contribution is 2.23. The molecule has 0 saturated heterocycles. The lowest BCUT2D eigenvalue weighted by Crippen LogP contribution is -2.02. The first kappa shape index (κ1) is 12.4. The minimum Gasteiger partial charge on any atom is -0.476 e. The summed E-state index contributed by atoms with van der Waals surface area (Å²) < 4.78 is 0. The second kappa shape index (κ2) is 5.09. The second-order valence-electron chi connectivity index (χ2n) is 3.95. The van der Waals surface area contributed by atoms with Gasteiger partial charge in [-0.1, -0.05) is 13.8 Å². The quantitative estimate of drug-likeness (QED) is 0.882. The number of thiazole rings is 1. The number of hydrogen-bond donors (Lipinski definition) is 2. The summed E-state index contributed by atoms with van der Waals surface area (Å²) in [6, 6.07) is 0. The number of anilines is 2. The van der Waals surface area contributed by atoms with Crippen LogP contribution in [-0.2, 0) is 0 Å². The number of aromatic carboxylic acids is 1. The van der Waals surface area contributed by atoms with E-state index in [0.29, 0.717) is 11.7 Å². The van der Waals surface area contributed by atoms with Gasteiger partial charge in [-0.3, -0.25) is 0 Å². The van der Waals surface area contributed by atoms with E-state index in [1.807, 2.05) is 5.38 Å². The van der Waals surface area contributed by atoms with Gasteiger partial charge in [0, 0.05) is 5.38 Å². The molecule has 0 aliphatic heterocycles. The Kier molecular flexibility index (Phi) is 3.52. The summed E-state index contributed by atoms with van der Waals surface area (Å²) in [7, 11) is 0. The molecule has 0 aliphatic carbocycles. The van der Waals surface area contributed by atoms with Gasteiger partial charge in [0.1, 0.15) is 0 Å². The van der Waals surface area contributed by atoms with E-state index in [2.05, 4.69) is 34.1 Å². The number of nitrogens with zero attached hydrogens (tertiary/aromatic N) is 3. The van der Waals surface area contributed by atoms with Crippen LogP contribution in [0.25, 0.3) is 0 Å². The highest BCUT2D eigenvalue weighted by molar-refractivity contribution is 7.13. The van der Waals surface area contributed by atoms with Crippen molar-refractivity contribution in [1.29, 1.82) is 0 Å². The van der Waals surface area contributed by atoms with E-state index in [1.165, 1.54) is 23.7 Å². The largest absolute Gasteiger partial charge is 0.476 e. The average Bonchev–Trinajstić information content (AvgIpc) is 2.78. The van der Waals surface area contributed by atoms with Gasteiger partial charge in [0.15, 0.2) is 16.6 Å². The molecule has 7 heteroatoms. The molecule has 0 aliphatic rings. The summed E-state index contributed by atoms with van der Waals surface area (Å²) in [4.78, 5) is 22.7. The van der Waals surface area contributed by atoms with E-state index in [4.69, 9.17) is 5.11 Å². The van der Waals surface area contributed by atoms with E-state index < -0.39 is 5.97 Å². The van der Waals surface area contributed by atoms with Crippen molar-refractivity contribution in [3.63, 3.8) is 0 Å². The van der Waals surface area contributed by atoms with Crippen LogP contribution in [0.1, 0.15) is 35.9 Å². The lowest BCUT2D eigenvalue weighted by molar-refractivity contribution is 0.0690. The molecule has 0 radical (unpaired) electrons. The predicted molar refractivity (Wildman–Crippen MR) is 68.5 cm³/mol. The summed E-state index contributed by atoms with van der Waals surface area (Å²) in [5.74, 6) is -0.243. The van der Waals surface area contributed by atoms with Gasteiger partial charge in [0.25, 0.3) is 0 Å². The Morgan fingerprint density at radius 3 is 2.67 bits per heavy atom. The molecule has 0 unspecified atom stereocenters. The van der Waals surface area contributed by atoms with Gasteiger partial charge >= 0.3 is 5.97 Å². The topological polar surface area (TPSA) is 88.0 Å². The van der Waals surface area contributed by atoms with Crippen LogP contribution < -0.4 is 5.32 Å². The zero-order valence-electron chi connectivity index (χ0n) is 9.91. The Morgan fingerprint density at radius 2 is 2.17 bits per heavy atom. The molecule has 6 nitrogen and oxygen atoms in total. The molecule has 2 N–H and O–H groups in total. The van der Waals surface area contributed by atoms with Gasteiger partial charge in [-0.2, -0.15) is 0 Å². The van der Waals surface area contributed by atoms with Crippen LogP contribution in [0.15, 0.2) is 17.8 Å². The van der Waals surface area contributed by atoms with Crippen LogP contribution in [0.2, 0.25) is 0 Å². The van der Waals surface area contributed by atoms with Crippen molar-refractivity contribution in [2.24, 2.45) is 0 Å². The monoisotopic (exact) mass is 264 g/mol. The molecule has 0 bridgehead atoms. The number of nitrogens with one attached hydrogen (secondary N) is 1. The molecule has 2 aromatic rings. The standard InChI is InChI=1S/C11H12N4O2S/c1-6(2)8-5-18-11(14-8)15-9-4-12-7(3-13-9)10(16)17/h3-6H,1-2H3,(H,16,17)(H,13,14,15). The van der Waals surface area contributed by atoms with Crippen molar-refractivity contribution in [1.82, 2.24) is 15.0 Å². The number of carboxylic acids is 1. The van der Waals surface area contributed by atoms with Crippen LogP contribution in [-0.4, -0.2) is 26.0 Å². The van der Waals surface area contributed by atoms with Crippen LogP contribution in [0.4, 0.5) is 10.9 Å². The van der Waals surface area contributed by atoms with Gasteiger partial charge in [-0.05, 0) is 5.92 Å². The van der Waals surface area contributed by atoms with Crippen LogP contribution in [0, 0.1) is 0 Å². The molecule has 0 amide bonds. The van der Waals surface area contributed by atoms with Crippen molar-refractivity contribution in [3.8, 4) is 0 Å². The van der Waals surface area contributed by atoms with Gasteiger partial charge in [0.2, 0.25) is 0 Å². The number of hydrogen-bond acceptors (Lipinski definition) is 6. The van der Waals surface area contributed by atoms with Gasteiger partial charge in [-0.25, -0.2) is 19.7 Å². The van der Waals surface area contributed by atoms with Gasteiger partial charge in [0.05, 0.1) is 18.1 Å². The first-order chi connectivity index (χ1) is 8.56. The van der Waals surface area contributed by atoms with E-state index in [9.17, 15) is 4.79 Å². The lowest BCUT2D eigenvalue weighted by Gasteiger charge is -2.01. The molecule has 0 saturated carbocycles. The van der Waals surface area contributed by atoms with Crippen LogP contribution in [0.3, 0.4) is 0 Å². The summed E-state index contributed by atoms with van der Waals surface area (Å²) in [6.07, 6.45) is 2.58. The molecule has 2 aromatic heterocycles. The Balaban J connectivity index is 2.10. The molecule has 18 heavy (non-hydrogen) atoms. The van der Waals surface area contributed by atoms with E-state index in [-0.39, 0.29) is 5.69 Å². The average molecular weight is 264 g/mol. The van der Waals surface area contributed by atoms with Gasteiger partial charge in [-0.15, -0.1) is 11.3 Å². The van der Waals surface area contributed by atoms with Gasteiger partial charge < -0.3 is 10.4 Å². The maximum Gasteiger partial charge on any atom is 0.356 e. The van der Waals surface area contributed by atoms with Crippen molar-refractivity contribution in [2.45, 2.75) is 19.8 Å². The van der Waals surface area contributed by atoms with Crippen LogP contribution in [0.5, 0.6) is 0 Å². The van der Waals surface area contributed by atoms with E-state index in [0.717, 1.165) is 10.8 Å². The van der Waals surface area contributed by atoms with E-state index in [1.54, 1.807) is 0 Å². The van der Waals surface area contributed by atoms with Crippen molar-refractivity contribution >= 4 is 28.3 Å². The number of carbonyl (C=O) groups is 1. The lowest BCUT2D eigenvalue weighted by atomic mass is 10.2. The zero-order chi connectivity index (χ0) is 13.1. The molecular weight excluding hydrogens is 252 g/mol. The Bertz CT molecular complexity index is 550. The fraction of sp³-hybridized carbons (Fsp3) is 0.273. The highest BCUT2D eigenvalue weighted by atomic mass is 32.1. The molecule has 94 valence electrons. The third-order valence-electron chi connectivity index (χ3n) is 2.22. The molecule has 0 aromatic carbocycles. The van der Waals surface area contributed by atoms with Crippen molar-refractivity contribution < 1.29 is 9.90 Å². The second-order valence-corrected chi connectivity index (χ2v) is 4.81. The fourth-order valence-corrected chi connectivity index (χ4v) is 2.10. The maximum absolute atomic E-state index is 10.6. The smallest absolute Gasteiger partial charge is 0.356 e. The van der Waals surface area contributed by atoms with Crippen molar-refractivity contribution in [3.05, 3.63) is 29.2 Å². The molecular formula is C11H12N4O2S. The number of aromatic nitrogens is 3. The molecule has 0 atom stereocenters. The summed E-state index contributed by atoms with van der Waals surface area (Å²) >= 11 is 1.48. The SMILES string of the molecule is CC(C)c1csc(Nc2cnc(C(=O)O)cn2)n1. The summed E-state index contributed by atoms with van der Waals surface area (Å²) in [5, 5.41) is 14.4. The zero-order valence-corrected chi connectivity index (χ0v) is 10.7. The number of carboxylic acid groups (broad SMARTS) is 1. The Labute approximate surface area is 108 Å². The minimum atomic E-state index is -1.09. The minimum absolute atomic E-state index is 0.0810. The normalized spacial score (nSPS) is 10.6. The Hall–Kier alpha value is -2.02. The maximum atomic E-state index is 10.6. The molecule has 0 fully saturated rings. The molecule has 2 heterocycles. The third kappa shape index (κ3) is 2.80. The highest BCUT2D eigenvalue weighted by Gasteiger charge is 2.08. The molecule has 0 spiro atoms. The summed E-state index contributed by atoms with van der Waals surface area (Å²) in [5.41, 5.74) is 0.931.